The van der Waals surface area contributed by atoms with Crippen LogP contribution in [0.5, 0.6) is 0 Å². The molecule has 1 saturated heterocycles. The van der Waals surface area contributed by atoms with Crippen molar-refractivity contribution in [2.45, 2.75) is 22.8 Å². The molecule has 1 amide bonds. The van der Waals surface area contributed by atoms with Gasteiger partial charge in [-0.25, -0.2) is 0 Å². The lowest BCUT2D eigenvalue weighted by atomic mass is 10.2. The van der Waals surface area contributed by atoms with Crippen molar-refractivity contribution in [1.29, 1.82) is 0 Å². The number of rotatable bonds is 4. The molecule has 2 rings (SSSR count). The van der Waals surface area contributed by atoms with Crippen LogP contribution < -0.4 is 5.32 Å². The number of amides is 1. The van der Waals surface area contributed by atoms with Crippen molar-refractivity contribution in [2.75, 3.05) is 13.1 Å². The Morgan fingerprint density at radius 2 is 1.81 bits per heavy atom. The average molecular weight is 348 g/mol. The Balaban J connectivity index is 1.99. The molecule has 6 heteroatoms. The van der Waals surface area contributed by atoms with Crippen LogP contribution in [-0.4, -0.2) is 33.9 Å². The maximum absolute atomic E-state index is 12.0. The summed E-state index contributed by atoms with van der Waals surface area (Å²) in [7, 11) is 0. The number of alkyl halides is 3. The SMILES string of the molecule is O=C(/C=C/c1ccccc1)NC(N1CCCC1)C(Cl)(Cl)Cl. The maximum atomic E-state index is 12.0. The fraction of sp³-hybridized carbons (Fsp3) is 0.400. The van der Waals surface area contributed by atoms with Crippen molar-refractivity contribution in [1.82, 2.24) is 10.2 Å². The zero-order valence-electron chi connectivity index (χ0n) is 11.4. The van der Waals surface area contributed by atoms with Crippen LogP contribution in [0.4, 0.5) is 0 Å². The van der Waals surface area contributed by atoms with Crippen molar-refractivity contribution in [2.24, 2.45) is 0 Å². The first-order valence-electron chi connectivity index (χ1n) is 6.81. The lowest BCUT2D eigenvalue weighted by Gasteiger charge is -2.33. The van der Waals surface area contributed by atoms with Crippen molar-refractivity contribution < 1.29 is 4.79 Å². The van der Waals surface area contributed by atoms with Crippen LogP contribution in [0, 0.1) is 0 Å². The van der Waals surface area contributed by atoms with Crippen molar-refractivity contribution in [3.63, 3.8) is 0 Å². The first kappa shape index (κ1) is 16.6. The number of likely N-dealkylation sites (tertiary alicyclic amines) is 1. The van der Waals surface area contributed by atoms with Gasteiger partial charge in [0, 0.05) is 19.2 Å². The number of hydrogen-bond donors (Lipinski definition) is 1. The van der Waals surface area contributed by atoms with Gasteiger partial charge < -0.3 is 5.32 Å². The number of carbonyl (C=O) groups excluding carboxylic acids is 1. The van der Waals surface area contributed by atoms with Gasteiger partial charge in [0.15, 0.2) is 0 Å². The molecule has 1 heterocycles. The molecule has 0 bridgehead atoms. The third-order valence-corrected chi connectivity index (χ3v) is 3.94. The highest BCUT2D eigenvalue weighted by molar-refractivity contribution is 6.68. The minimum atomic E-state index is -1.55. The maximum Gasteiger partial charge on any atom is 0.245 e. The molecule has 0 saturated carbocycles. The fourth-order valence-corrected chi connectivity index (χ4v) is 2.88. The Hall–Kier alpha value is -0.740. The predicted molar refractivity (Wildman–Crippen MR) is 88.5 cm³/mol. The lowest BCUT2D eigenvalue weighted by molar-refractivity contribution is -0.118. The molecular formula is C15H17Cl3N2O. The molecule has 1 aliphatic rings. The van der Waals surface area contributed by atoms with E-state index < -0.39 is 9.96 Å². The van der Waals surface area contributed by atoms with Gasteiger partial charge in [0.05, 0.1) is 0 Å². The molecule has 1 aromatic carbocycles. The third kappa shape index (κ3) is 5.19. The van der Waals surface area contributed by atoms with Gasteiger partial charge in [-0.15, -0.1) is 0 Å². The summed E-state index contributed by atoms with van der Waals surface area (Å²) in [6.45, 7) is 1.64. The van der Waals surface area contributed by atoms with Gasteiger partial charge >= 0.3 is 0 Å². The van der Waals surface area contributed by atoms with E-state index in [4.69, 9.17) is 34.8 Å². The van der Waals surface area contributed by atoms with Crippen LogP contribution in [0.1, 0.15) is 18.4 Å². The summed E-state index contributed by atoms with van der Waals surface area (Å²) in [5, 5.41) is 2.77. The minimum Gasteiger partial charge on any atom is -0.333 e. The Labute approximate surface area is 139 Å². The van der Waals surface area contributed by atoms with Crippen LogP contribution in [0.2, 0.25) is 0 Å². The Bertz CT molecular complexity index is 493. The van der Waals surface area contributed by atoms with E-state index >= 15 is 0 Å². The molecule has 3 nitrogen and oxygen atoms in total. The molecule has 1 atom stereocenters. The number of benzene rings is 1. The van der Waals surface area contributed by atoms with E-state index in [1.165, 1.54) is 6.08 Å². The molecule has 114 valence electrons. The monoisotopic (exact) mass is 346 g/mol. The normalized spacial score (nSPS) is 18.0. The fourth-order valence-electron chi connectivity index (χ4n) is 2.30. The Morgan fingerprint density at radius 1 is 1.19 bits per heavy atom. The standard InChI is InChI=1S/C15H17Cl3N2O/c16-15(17,18)14(20-10-4-5-11-20)19-13(21)9-8-12-6-2-1-3-7-12/h1-3,6-9,14H,4-5,10-11H2,(H,19,21)/b9-8+. The van der Waals surface area contributed by atoms with E-state index in [1.54, 1.807) is 6.08 Å². The topological polar surface area (TPSA) is 32.3 Å². The zero-order valence-corrected chi connectivity index (χ0v) is 13.7. The lowest BCUT2D eigenvalue weighted by Crippen LogP contribution is -2.54. The zero-order chi connectivity index (χ0) is 15.3. The second-order valence-corrected chi connectivity index (χ2v) is 7.31. The molecule has 1 aromatic rings. The first-order valence-corrected chi connectivity index (χ1v) is 7.94. The van der Waals surface area contributed by atoms with Gasteiger partial charge in [-0.05, 0) is 24.5 Å². The Morgan fingerprint density at radius 3 is 2.38 bits per heavy atom. The summed E-state index contributed by atoms with van der Waals surface area (Å²) in [5.74, 6) is -0.276. The molecule has 0 aliphatic carbocycles. The summed E-state index contributed by atoms with van der Waals surface area (Å²) in [6.07, 6.45) is 4.67. The van der Waals surface area contributed by atoms with Gasteiger partial charge in [-0.3, -0.25) is 9.69 Å². The van der Waals surface area contributed by atoms with Crippen LogP contribution in [-0.2, 0) is 4.79 Å². The molecule has 1 unspecified atom stereocenters. The van der Waals surface area contributed by atoms with E-state index in [0.717, 1.165) is 31.5 Å². The highest BCUT2D eigenvalue weighted by Crippen LogP contribution is 2.33. The average Bonchev–Trinajstić information content (AvgIpc) is 2.96. The molecule has 1 aliphatic heterocycles. The van der Waals surface area contributed by atoms with E-state index in [1.807, 2.05) is 35.2 Å². The molecule has 21 heavy (non-hydrogen) atoms. The van der Waals surface area contributed by atoms with Gasteiger partial charge in [0.1, 0.15) is 6.17 Å². The quantitative estimate of drug-likeness (QED) is 0.666. The van der Waals surface area contributed by atoms with E-state index in [9.17, 15) is 4.79 Å². The van der Waals surface area contributed by atoms with Crippen LogP contribution in [0.3, 0.4) is 0 Å². The van der Waals surface area contributed by atoms with E-state index in [0.29, 0.717) is 0 Å². The number of nitrogens with zero attached hydrogens (tertiary/aromatic N) is 1. The van der Waals surface area contributed by atoms with Gasteiger partial charge in [0.2, 0.25) is 9.70 Å². The second kappa shape index (κ2) is 7.50. The van der Waals surface area contributed by atoms with Crippen molar-refractivity contribution in [3.05, 3.63) is 42.0 Å². The smallest absolute Gasteiger partial charge is 0.245 e. The molecule has 0 radical (unpaired) electrons. The summed E-state index contributed by atoms with van der Waals surface area (Å²) >= 11 is 18.0. The molecular weight excluding hydrogens is 331 g/mol. The van der Waals surface area contributed by atoms with Crippen LogP contribution >= 0.6 is 34.8 Å². The number of halogens is 3. The van der Waals surface area contributed by atoms with Crippen molar-refractivity contribution >= 4 is 46.8 Å². The molecule has 0 aromatic heterocycles. The highest BCUT2D eigenvalue weighted by atomic mass is 35.6. The van der Waals surface area contributed by atoms with E-state index in [2.05, 4.69) is 5.32 Å². The summed E-state index contributed by atoms with van der Waals surface area (Å²) < 4.78 is -1.55. The third-order valence-electron chi connectivity index (χ3n) is 3.32. The summed E-state index contributed by atoms with van der Waals surface area (Å²) in [5.41, 5.74) is 0.944. The van der Waals surface area contributed by atoms with Gasteiger partial charge in [0.25, 0.3) is 0 Å². The van der Waals surface area contributed by atoms with Crippen LogP contribution in [0.25, 0.3) is 6.08 Å². The second-order valence-electron chi connectivity index (χ2n) is 4.94. The number of carbonyl (C=O) groups is 1. The van der Waals surface area contributed by atoms with Crippen molar-refractivity contribution in [3.8, 4) is 0 Å². The highest BCUT2D eigenvalue weighted by Gasteiger charge is 2.39. The first-order chi connectivity index (χ1) is 9.97. The predicted octanol–water partition coefficient (Wildman–Crippen LogP) is 3.61. The van der Waals surface area contributed by atoms with Crippen LogP contribution in [0.15, 0.2) is 36.4 Å². The molecule has 1 N–H and O–H groups in total. The summed E-state index contributed by atoms with van der Waals surface area (Å²) in [6, 6.07) is 9.56. The van der Waals surface area contributed by atoms with Gasteiger partial charge in [-0.2, -0.15) is 0 Å². The molecule has 0 spiro atoms. The minimum absolute atomic E-state index is 0.276. The van der Waals surface area contributed by atoms with E-state index in [-0.39, 0.29) is 5.91 Å². The molecule has 1 fully saturated rings. The van der Waals surface area contributed by atoms with Gasteiger partial charge in [-0.1, -0.05) is 65.1 Å². The largest absolute Gasteiger partial charge is 0.333 e. The number of nitrogens with one attached hydrogen (secondary N) is 1. The Kier molecular flexibility index (Phi) is 5.94. The number of hydrogen-bond acceptors (Lipinski definition) is 2. The summed E-state index contributed by atoms with van der Waals surface area (Å²) in [4.78, 5) is 14.0.